The second-order valence-corrected chi connectivity index (χ2v) is 6.79. The van der Waals surface area contributed by atoms with Gasteiger partial charge in [-0.25, -0.2) is 4.39 Å². The van der Waals surface area contributed by atoms with Gasteiger partial charge < -0.3 is 5.32 Å². The number of benzene rings is 1. The third-order valence-corrected chi connectivity index (χ3v) is 4.58. The van der Waals surface area contributed by atoms with Crippen LogP contribution in [0.5, 0.6) is 0 Å². The van der Waals surface area contributed by atoms with E-state index in [0.717, 1.165) is 16.8 Å². The number of rotatable bonds is 5. The van der Waals surface area contributed by atoms with E-state index in [1.54, 1.807) is 23.5 Å². The smallest absolute Gasteiger partial charge is 0.129 e. The quantitative estimate of drug-likeness (QED) is 0.777. The van der Waals surface area contributed by atoms with E-state index < -0.39 is 0 Å². The first-order chi connectivity index (χ1) is 8.66. The molecule has 1 aromatic carbocycles. The summed E-state index contributed by atoms with van der Waals surface area (Å²) >= 11 is 11.1. The highest BCUT2D eigenvalue weighted by molar-refractivity contribution is 9.11. The topological polar surface area (TPSA) is 12.0 Å². The third-order valence-electron chi connectivity index (χ3n) is 2.54. The fourth-order valence-electron chi connectivity index (χ4n) is 1.61. The highest BCUT2D eigenvalue weighted by Gasteiger charge is 2.06. The molecule has 0 saturated carbocycles. The van der Waals surface area contributed by atoms with Gasteiger partial charge in [0.2, 0.25) is 0 Å². The van der Waals surface area contributed by atoms with Gasteiger partial charge >= 0.3 is 0 Å². The molecule has 96 valence electrons. The molecule has 2 aromatic rings. The second-order valence-electron chi connectivity index (χ2n) is 3.83. The number of nitrogens with one attached hydrogen (secondary N) is 1. The first-order valence-electron chi connectivity index (χ1n) is 5.54. The molecule has 0 aliphatic heterocycles. The van der Waals surface area contributed by atoms with E-state index in [1.165, 1.54) is 10.9 Å². The van der Waals surface area contributed by atoms with Crippen molar-refractivity contribution in [1.29, 1.82) is 0 Å². The fraction of sp³-hybridized carbons (Fsp3) is 0.231. The van der Waals surface area contributed by atoms with Crippen LogP contribution in [-0.2, 0) is 13.0 Å². The number of halogens is 3. The lowest BCUT2D eigenvalue weighted by atomic mass is 10.2. The molecule has 0 radical (unpaired) electrons. The van der Waals surface area contributed by atoms with Crippen molar-refractivity contribution in [3.05, 3.63) is 55.4 Å². The molecule has 0 bridgehead atoms. The minimum atomic E-state index is -0.256. The van der Waals surface area contributed by atoms with Gasteiger partial charge in [0, 0.05) is 28.6 Å². The predicted molar refractivity (Wildman–Crippen MR) is 78.8 cm³/mol. The Morgan fingerprint density at radius 3 is 2.78 bits per heavy atom. The van der Waals surface area contributed by atoms with Crippen molar-refractivity contribution in [3.8, 4) is 0 Å². The molecule has 2 rings (SSSR count). The standard InChI is InChI=1S/C13H12BrClFNS/c14-13-5-4-9(18-13)6-7-17-8-10-11(15)2-1-3-12(10)16/h1-5,17H,6-8H2. The van der Waals surface area contributed by atoms with Crippen LogP contribution in [0.25, 0.3) is 0 Å². The minimum absolute atomic E-state index is 0.256. The maximum atomic E-state index is 13.5. The fourth-order valence-corrected chi connectivity index (χ4v) is 3.32. The largest absolute Gasteiger partial charge is 0.312 e. The molecule has 0 spiro atoms. The Hall–Kier alpha value is -0.420. The Kier molecular flexibility index (Phi) is 5.18. The highest BCUT2D eigenvalue weighted by Crippen LogP contribution is 2.22. The van der Waals surface area contributed by atoms with Crippen molar-refractivity contribution in [2.75, 3.05) is 6.54 Å². The average molecular weight is 349 g/mol. The van der Waals surface area contributed by atoms with Crippen LogP contribution in [0.1, 0.15) is 10.4 Å². The first kappa shape index (κ1) is 14.0. The molecule has 0 amide bonds. The van der Waals surface area contributed by atoms with E-state index in [0.29, 0.717) is 17.1 Å². The second kappa shape index (κ2) is 6.66. The Morgan fingerprint density at radius 1 is 1.28 bits per heavy atom. The lowest BCUT2D eigenvalue weighted by molar-refractivity contribution is 0.589. The molecule has 1 nitrogen and oxygen atoms in total. The van der Waals surface area contributed by atoms with Crippen LogP contribution in [0, 0.1) is 5.82 Å². The highest BCUT2D eigenvalue weighted by atomic mass is 79.9. The molecule has 0 atom stereocenters. The summed E-state index contributed by atoms with van der Waals surface area (Å²) in [6.45, 7) is 1.26. The van der Waals surface area contributed by atoms with Crippen molar-refractivity contribution in [3.63, 3.8) is 0 Å². The number of hydrogen-bond donors (Lipinski definition) is 1. The van der Waals surface area contributed by atoms with E-state index in [9.17, 15) is 4.39 Å². The molecule has 0 saturated heterocycles. The van der Waals surface area contributed by atoms with Gasteiger partial charge in [-0.15, -0.1) is 11.3 Å². The molecular weight excluding hydrogens is 337 g/mol. The molecule has 0 aliphatic rings. The summed E-state index contributed by atoms with van der Waals surface area (Å²) in [5.41, 5.74) is 0.534. The van der Waals surface area contributed by atoms with E-state index in [-0.39, 0.29) is 5.82 Å². The van der Waals surface area contributed by atoms with Crippen LogP contribution in [0.4, 0.5) is 4.39 Å². The summed E-state index contributed by atoms with van der Waals surface area (Å²) in [5, 5.41) is 3.68. The monoisotopic (exact) mass is 347 g/mol. The molecule has 5 heteroatoms. The molecule has 0 fully saturated rings. The van der Waals surface area contributed by atoms with Crippen LogP contribution in [0.3, 0.4) is 0 Å². The molecule has 1 heterocycles. The Bertz CT molecular complexity index is 509. The zero-order valence-electron chi connectivity index (χ0n) is 9.55. The summed E-state index contributed by atoms with van der Waals surface area (Å²) in [7, 11) is 0. The van der Waals surface area contributed by atoms with Crippen molar-refractivity contribution in [1.82, 2.24) is 5.32 Å². The van der Waals surface area contributed by atoms with Crippen molar-refractivity contribution in [2.45, 2.75) is 13.0 Å². The van der Waals surface area contributed by atoms with Gasteiger partial charge in [0.1, 0.15) is 5.82 Å². The normalized spacial score (nSPS) is 10.8. The number of hydrogen-bond acceptors (Lipinski definition) is 2. The maximum absolute atomic E-state index is 13.5. The maximum Gasteiger partial charge on any atom is 0.129 e. The van der Waals surface area contributed by atoms with Gasteiger partial charge in [0.15, 0.2) is 0 Å². The van der Waals surface area contributed by atoms with Crippen LogP contribution in [-0.4, -0.2) is 6.54 Å². The Labute approximate surface area is 123 Å². The molecule has 0 aliphatic carbocycles. The predicted octanol–water partition coefficient (Wildman–Crippen LogP) is 4.64. The summed E-state index contributed by atoms with van der Waals surface area (Å²) in [4.78, 5) is 1.30. The van der Waals surface area contributed by atoms with Gasteiger partial charge in [-0.05, 0) is 46.6 Å². The molecule has 1 N–H and O–H groups in total. The van der Waals surface area contributed by atoms with Gasteiger partial charge in [0.05, 0.1) is 3.79 Å². The summed E-state index contributed by atoms with van der Waals surface area (Å²) in [6, 6.07) is 8.88. The van der Waals surface area contributed by atoms with E-state index in [4.69, 9.17) is 11.6 Å². The third kappa shape index (κ3) is 3.79. The van der Waals surface area contributed by atoms with E-state index in [2.05, 4.69) is 27.3 Å². The molecular formula is C13H12BrClFNS. The van der Waals surface area contributed by atoms with E-state index >= 15 is 0 Å². The van der Waals surface area contributed by atoms with Gasteiger partial charge in [0.25, 0.3) is 0 Å². The van der Waals surface area contributed by atoms with Gasteiger partial charge in [-0.3, -0.25) is 0 Å². The average Bonchev–Trinajstić information content (AvgIpc) is 2.73. The Morgan fingerprint density at radius 2 is 2.11 bits per heavy atom. The van der Waals surface area contributed by atoms with Crippen LogP contribution >= 0.6 is 38.9 Å². The van der Waals surface area contributed by atoms with Gasteiger partial charge in [-0.1, -0.05) is 17.7 Å². The van der Waals surface area contributed by atoms with E-state index in [1.807, 2.05) is 6.07 Å². The molecule has 18 heavy (non-hydrogen) atoms. The Balaban J connectivity index is 1.82. The lowest BCUT2D eigenvalue weighted by Crippen LogP contribution is -2.17. The summed E-state index contributed by atoms with van der Waals surface area (Å²) < 4.78 is 14.6. The van der Waals surface area contributed by atoms with Crippen molar-refractivity contribution >= 4 is 38.9 Å². The van der Waals surface area contributed by atoms with Gasteiger partial charge in [-0.2, -0.15) is 0 Å². The minimum Gasteiger partial charge on any atom is -0.312 e. The molecule has 0 unspecified atom stereocenters. The van der Waals surface area contributed by atoms with Crippen LogP contribution in [0.15, 0.2) is 34.1 Å². The van der Waals surface area contributed by atoms with Crippen molar-refractivity contribution < 1.29 is 4.39 Å². The lowest BCUT2D eigenvalue weighted by Gasteiger charge is -2.07. The van der Waals surface area contributed by atoms with Crippen LogP contribution in [0.2, 0.25) is 5.02 Å². The van der Waals surface area contributed by atoms with Crippen molar-refractivity contribution in [2.24, 2.45) is 0 Å². The zero-order valence-corrected chi connectivity index (χ0v) is 12.7. The molecule has 1 aromatic heterocycles. The SMILES string of the molecule is Fc1cccc(Cl)c1CNCCc1ccc(Br)s1. The number of thiophene rings is 1. The summed E-state index contributed by atoms with van der Waals surface area (Å²) in [6.07, 6.45) is 0.933. The van der Waals surface area contributed by atoms with Crippen LogP contribution < -0.4 is 5.32 Å². The first-order valence-corrected chi connectivity index (χ1v) is 7.53. The summed E-state index contributed by atoms with van der Waals surface area (Å²) in [5.74, 6) is -0.256. The zero-order chi connectivity index (χ0) is 13.0.